The zero-order valence-electron chi connectivity index (χ0n) is 11.9. The number of morpholine rings is 1. The van der Waals surface area contributed by atoms with Crippen LogP contribution in [-0.2, 0) is 9.47 Å². The number of ether oxygens (including phenoxy) is 2. The van der Waals surface area contributed by atoms with Gasteiger partial charge in [-0.05, 0) is 32.2 Å². The molecule has 2 aliphatic rings. The number of nitrogens with zero attached hydrogens (tertiary/aromatic N) is 1. The van der Waals surface area contributed by atoms with Gasteiger partial charge in [0, 0.05) is 38.9 Å². The maximum absolute atomic E-state index is 5.82. The van der Waals surface area contributed by atoms with Crippen molar-refractivity contribution in [3.63, 3.8) is 0 Å². The van der Waals surface area contributed by atoms with Crippen LogP contribution in [0.1, 0.15) is 26.7 Å². The minimum absolute atomic E-state index is 0.362. The molecule has 0 spiro atoms. The number of nitrogens with one attached hydrogen (secondary N) is 1. The van der Waals surface area contributed by atoms with Crippen LogP contribution >= 0.6 is 0 Å². The van der Waals surface area contributed by atoms with Crippen LogP contribution < -0.4 is 5.32 Å². The van der Waals surface area contributed by atoms with E-state index in [0.29, 0.717) is 12.1 Å². The Morgan fingerprint density at radius 3 is 2.78 bits per heavy atom. The van der Waals surface area contributed by atoms with Gasteiger partial charge >= 0.3 is 0 Å². The largest absolute Gasteiger partial charge is 0.381 e. The van der Waals surface area contributed by atoms with E-state index in [4.69, 9.17) is 9.47 Å². The molecule has 4 nitrogen and oxygen atoms in total. The van der Waals surface area contributed by atoms with Crippen LogP contribution in [0.2, 0.25) is 0 Å². The second kappa shape index (κ2) is 7.43. The quantitative estimate of drug-likeness (QED) is 0.799. The molecule has 0 aromatic heterocycles. The van der Waals surface area contributed by atoms with Gasteiger partial charge in [0.05, 0.1) is 12.7 Å². The third-order valence-electron chi connectivity index (χ3n) is 4.31. The Morgan fingerprint density at radius 1 is 1.28 bits per heavy atom. The predicted molar refractivity (Wildman–Crippen MR) is 72.9 cm³/mol. The van der Waals surface area contributed by atoms with Gasteiger partial charge < -0.3 is 14.8 Å². The van der Waals surface area contributed by atoms with Crippen LogP contribution in [0, 0.1) is 5.92 Å². The number of rotatable bonds is 5. The molecule has 2 heterocycles. The Kier molecular flexibility index (Phi) is 5.89. The number of hydrogen-bond donors (Lipinski definition) is 1. The zero-order valence-corrected chi connectivity index (χ0v) is 11.9. The lowest BCUT2D eigenvalue weighted by atomic mass is 9.93. The summed E-state index contributed by atoms with van der Waals surface area (Å²) in [7, 11) is 0. The maximum atomic E-state index is 5.82. The van der Waals surface area contributed by atoms with E-state index in [0.717, 1.165) is 51.9 Å². The Hall–Kier alpha value is -0.160. The molecule has 0 amide bonds. The summed E-state index contributed by atoms with van der Waals surface area (Å²) in [6.45, 7) is 11.5. The number of hydrogen-bond acceptors (Lipinski definition) is 4. The zero-order chi connectivity index (χ0) is 12.8. The average Bonchev–Trinajstić information content (AvgIpc) is 2.46. The standard InChI is InChI=1S/C14H28N2O2/c1-3-16-6-9-18-14(11-16)10-15-12(2)13-4-7-17-8-5-13/h12-15H,3-11H2,1-2H3. The summed E-state index contributed by atoms with van der Waals surface area (Å²) >= 11 is 0. The molecule has 18 heavy (non-hydrogen) atoms. The van der Waals surface area contributed by atoms with Crippen molar-refractivity contribution in [1.29, 1.82) is 0 Å². The summed E-state index contributed by atoms with van der Waals surface area (Å²) in [5.74, 6) is 0.768. The normalized spacial score (nSPS) is 29.3. The van der Waals surface area contributed by atoms with Gasteiger partial charge in [0.1, 0.15) is 0 Å². The van der Waals surface area contributed by atoms with Crippen molar-refractivity contribution in [3.05, 3.63) is 0 Å². The molecule has 2 saturated heterocycles. The van der Waals surface area contributed by atoms with Crippen LogP contribution in [0.25, 0.3) is 0 Å². The van der Waals surface area contributed by atoms with Crippen molar-refractivity contribution in [3.8, 4) is 0 Å². The average molecular weight is 256 g/mol. The molecular formula is C14H28N2O2. The molecule has 2 rings (SSSR count). The lowest BCUT2D eigenvalue weighted by Gasteiger charge is -2.34. The first-order chi connectivity index (χ1) is 8.79. The third-order valence-corrected chi connectivity index (χ3v) is 4.31. The van der Waals surface area contributed by atoms with E-state index in [2.05, 4.69) is 24.1 Å². The summed E-state index contributed by atoms with van der Waals surface area (Å²) in [6.07, 6.45) is 2.75. The van der Waals surface area contributed by atoms with Crippen LogP contribution in [-0.4, -0.2) is 63.0 Å². The maximum Gasteiger partial charge on any atom is 0.0826 e. The molecule has 0 bridgehead atoms. The minimum atomic E-state index is 0.362. The van der Waals surface area contributed by atoms with E-state index in [1.807, 2.05) is 0 Å². The molecular weight excluding hydrogens is 228 g/mol. The summed E-state index contributed by atoms with van der Waals surface area (Å²) in [5, 5.41) is 3.66. The first-order valence-electron chi connectivity index (χ1n) is 7.44. The van der Waals surface area contributed by atoms with E-state index < -0.39 is 0 Å². The Bertz CT molecular complexity index is 230. The molecule has 2 unspecified atom stereocenters. The van der Waals surface area contributed by atoms with Gasteiger partial charge in [-0.2, -0.15) is 0 Å². The first kappa shape index (κ1) is 14.3. The van der Waals surface area contributed by atoms with Crippen LogP contribution in [0.15, 0.2) is 0 Å². The van der Waals surface area contributed by atoms with E-state index in [1.165, 1.54) is 12.8 Å². The topological polar surface area (TPSA) is 33.7 Å². The van der Waals surface area contributed by atoms with Crippen molar-refractivity contribution in [1.82, 2.24) is 10.2 Å². The fourth-order valence-corrected chi connectivity index (χ4v) is 2.89. The van der Waals surface area contributed by atoms with Gasteiger partial charge in [0.2, 0.25) is 0 Å². The second-order valence-electron chi connectivity index (χ2n) is 5.53. The van der Waals surface area contributed by atoms with Crippen molar-refractivity contribution < 1.29 is 9.47 Å². The van der Waals surface area contributed by atoms with Crippen molar-refractivity contribution in [2.75, 3.05) is 46.0 Å². The highest BCUT2D eigenvalue weighted by molar-refractivity contribution is 4.78. The van der Waals surface area contributed by atoms with Crippen molar-refractivity contribution in [2.45, 2.75) is 38.8 Å². The summed E-state index contributed by atoms with van der Waals surface area (Å²) in [4.78, 5) is 2.47. The molecule has 2 aliphatic heterocycles. The molecule has 1 N–H and O–H groups in total. The minimum Gasteiger partial charge on any atom is -0.381 e. The highest BCUT2D eigenvalue weighted by atomic mass is 16.5. The SMILES string of the molecule is CCN1CCOC(CNC(C)C2CCOCC2)C1. The Morgan fingerprint density at radius 2 is 2.06 bits per heavy atom. The van der Waals surface area contributed by atoms with E-state index >= 15 is 0 Å². The molecule has 0 aromatic carbocycles. The van der Waals surface area contributed by atoms with Gasteiger partial charge in [0.15, 0.2) is 0 Å². The molecule has 0 saturated carbocycles. The highest BCUT2D eigenvalue weighted by Gasteiger charge is 2.23. The summed E-state index contributed by atoms with van der Waals surface area (Å²) < 4.78 is 11.2. The van der Waals surface area contributed by atoms with E-state index in [1.54, 1.807) is 0 Å². The van der Waals surface area contributed by atoms with Crippen LogP contribution in [0.3, 0.4) is 0 Å². The molecule has 106 valence electrons. The lowest BCUT2D eigenvalue weighted by molar-refractivity contribution is -0.0280. The summed E-state index contributed by atoms with van der Waals surface area (Å²) in [6, 6.07) is 0.578. The molecule has 0 aromatic rings. The van der Waals surface area contributed by atoms with Gasteiger partial charge in [-0.25, -0.2) is 0 Å². The summed E-state index contributed by atoms with van der Waals surface area (Å²) in [5.41, 5.74) is 0. The molecule has 2 fully saturated rings. The van der Waals surface area contributed by atoms with E-state index in [9.17, 15) is 0 Å². The van der Waals surface area contributed by atoms with Gasteiger partial charge in [-0.15, -0.1) is 0 Å². The van der Waals surface area contributed by atoms with Gasteiger partial charge in [0.25, 0.3) is 0 Å². The second-order valence-corrected chi connectivity index (χ2v) is 5.53. The van der Waals surface area contributed by atoms with E-state index in [-0.39, 0.29) is 0 Å². The highest BCUT2D eigenvalue weighted by Crippen LogP contribution is 2.18. The van der Waals surface area contributed by atoms with Crippen LogP contribution in [0.4, 0.5) is 0 Å². The first-order valence-corrected chi connectivity index (χ1v) is 7.44. The van der Waals surface area contributed by atoms with Crippen molar-refractivity contribution in [2.24, 2.45) is 5.92 Å². The molecule has 0 aliphatic carbocycles. The van der Waals surface area contributed by atoms with Crippen molar-refractivity contribution >= 4 is 0 Å². The molecule has 4 heteroatoms. The fourth-order valence-electron chi connectivity index (χ4n) is 2.89. The number of likely N-dealkylation sites (N-methyl/N-ethyl adjacent to an activating group) is 1. The third kappa shape index (κ3) is 4.19. The molecule has 2 atom stereocenters. The van der Waals surface area contributed by atoms with Crippen LogP contribution in [0.5, 0.6) is 0 Å². The lowest BCUT2D eigenvalue weighted by Crippen LogP contribution is -2.49. The smallest absolute Gasteiger partial charge is 0.0826 e. The fraction of sp³-hybridized carbons (Fsp3) is 1.00. The van der Waals surface area contributed by atoms with Gasteiger partial charge in [-0.3, -0.25) is 4.90 Å². The Balaban J connectivity index is 1.66. The molecule has 0 radical (unpaired) electrons. The Labute approximate surface area is 111 Å². The predicted octanol–water partition coefficient (Wildman–Crippen LogP) is 1.11. The monoisotopic (exact) mass is 256 g/mol. The van der Waals surface area contributed by atoms with Gasteiger partial charge in [-0.1, -0.05) is 6.92 Å².